The van der Waals surface area contributed by atoms with Crippen molar-refractivity contribution in [2.45, 2.75) is 11.3 Å². The molecular formula is C17H19ClN2O4S. The summed E-state index contributed by atoms with van der Waals surface area (Å²) in [6.45, 7) is 0.0969. The summed E-state index contributed by atoms with van der Waals surface area (Å²) >= 11 is 5.88. The quantitative estimate of drug-likeness (QED) is 0.770. The summed E-state index contributed by atoms with van der Waals surface area (Å²) < 4.78 is 26.2. The number of anilines is 1. The second-order valence-electron chi connectivity index (χ2n) is 5.40. The topological polar surface area (TPSA) is 86.7 Å². The van der Waals surface area contributed by atoms with Crippen LogP contribution in [-0.2, 0) is 10.0 Å². The van der Waals surface area contributed by atoms with Gasteiger partial charge in [0.2, 0.25) is 10.0 Å². The lowest BCUT2D eigenvalue weighted by molar-refractivity contribution is 0.102. The van der Waals surface area contributed by atoms with Crippen molar-refractivity contribution in [2.24, 2.45) is 0 Å². The molecule has 0 heterocycles. The number of nitrogens with one attached hydrogen (secondary N) is 1. The summed E-state index contributed by atoms with van der Waals surface area (Å²) in [5.41, 5.74) is 0.738. The fraction of sp³-hybridized carbons (Fsp3) is 0.235. The first-order valence-electron chi connectivity index (χ1n) is 7.59. The number of carbonyl (C=O) groups is 1. The number of halogens is 1. The van der Waals surface area contributed by atoms with E-state index in [-0.39, 0.29) is 23.6 Å². The summed E-state index contributed by atoms with van der Waals surface area (Å²) in [5, 5.41) is 12.0. The van der Waals surface area contributed by atoms with Crippen molar-refractivity contribution in [3.63, 3.8) is 0 Å². The molecule has 2 rings (SSSR count). The van der Waals surface area contributed by atoms with Crippen LogP contribution in [-0.4, -0.2) is 43.9 Å². The standard InChI is InChI=1S/C17H19ClN2O4S/c1-20(9-4-10-21)25(23,24)16-8-2-5-13(11-16)17(22)19-15-7-3-6-14(18)12-15/h2-3,5-8,11-12,21H,4,9-10H2,1H3,(H,19,22). The fourth-order valence-electron chi connectivity index (χ4n) is 2.16. The molecule has 0 spiro atoms. The molecule has 0 radical (unpaired) electrons. The first-order chi connectivity index (χ1) is 11.8. The Morgan fingerprint density at radius 2 is 1.92 bits per heavy atom. The van der Waals surface area contributed by atoms with Gasteiger partial charge in [-0.25, -0.2) is 12.7 Å². The summed E-state index contributed by atoms with van der Waals surface area (Å²) in [4.78, 5) is 12.4. The molecule has 2 aromatic carbocycles. The van der Waals surface area contributed by atoms with Crippen LogP contribution in [0.2, 0.25) is 5.02 Å². The van der Waals surface area contributed by atoms with E-state index < -0.39 is 15.9 Å². The zero-order chi connectivity index (χ0) is 18.4. The van der Waals surface area contributed by atoms with E-state index in [1.54, 1.807) is 24.3 Å². The third-order valence-corrected chi connectivity index (χ3v) is 5.61. The number of nitrogens with zero attached hydrogens (tertiary/aromatic N) is 1. The van der Waals surface area contributed by atoms with Crippen molar-refractivity contribution in [1.82, 2.24) is 4.31 Å². The predicted octanol–water partition coefficient (Wildman–Crippen LogP) is 2.60. The Morgan fingerprint density at radius 3 is 2.60 bits per heavy atom. The minimum Gasteiger partial charge on any atom is -0.396 e. The molecule has 0 aromatic heterocycles. The van der Waals surface area contributed by atoms with Crippen molar-refractivity contribution in [3.05, 3.63) is 59.1 Å². The fourth-order valence-corrected chi connectivity index (χ4v) is 3.61. The zero-order valence-corrected chi connectivity index (χ0v) is 15.2. The Hall–Kier alpha value is -1.93. The van der Waals surface area contributed by atoms with Crippen LogP contribution in [0.15, 0.2) is 53.4 Å². The summed E-state index contributed by atoms with van der Waals surface area (Å²) in [6, 6.07) is 12.5. The van der Waals surface area contributed by atoms with Gasteiger partial charge in [-0.15, -0.1) is 0 Å². The normalized spacial score (nSPS) is 11.5. The van der Waals surface area contributed by atoms with E-state index in [1.807, 2.05) is 0 Å². The second kappa shape index (κ2) is 8.44. The van der Waals surface area contributed by atoms with E-state index in [2.05, 4.69) is 5.32 Å². The van der Waals surface area contributed by atoms with E-state index in [4.69, 9.17) is 16.7 Å². The molecule has 0 fully saturated rings. The number of hydrogen-bond acceptors (Lipinski definition) is 4. The van der Waals surface area contributed by atoms with Crippen molar-refractivity contribution in [2.75, 3.05) is 25.5 Å². The maximum atomic E-state index is 12.5. The third kappa shape index (κ3) is 5.02. The van der Waals surface area contributed by atoms with Gasteiger partial charge in [0.05, 0.1) is 4.90 Å². The Morgan fingerprint density at radius 1 is 1.20 bits per heavy atom. The van der Waals surface area contributed by atoms with Gasteiger partial charge in [-0.1, -0.05) is 23.7 Å². The van der Waals surface area contributed by atoms with E-state index in [0.29, 0.717) is 17.1 Å². The molecule has 2 N–H and O–H groups in total. The molecule has 8 heteroatoms. The Labute approximate surface area is 152 Å². The maximum Gasteiger partial charge on any atom is 0.255 e. The minimum atomic E-state index is -3.73. The number of sulfonamides is 1. The number of benzene rings is 2. The van der Waals surface area contributed by atoms with Crippen molar-refractivity contribution in [3.8, 4) is 0 Å². The molecule has 0 bridgehead atoms. The number of aliphatic hydroxyl groups excluding tert-OH is 1. The van der Waals surface area contributed by atoms with Gasteiger partial charge in [-0.05, 0) is 42.8 Å². The van der Waals surface area contributed by atoms with Crippen molar-refractivity contribution < 1.29 is 18.3 Å². The van der Waals surface area contributed by atoms with Crippen LogP contribution in [0.5, 0.6) is 0 Å². The molecule has 0 atom stereocenters. The molecule has 6 nitrogen and oxygen atoms in total. The lowest BCUT2D eigenvalue weighted by Gasteiger charge is -2.17. The van der Waals surface area contributed by atoms with Crippen LogP contribution in [0.4, 0.5) is 5.69 Å². The summed E-state index contributed by atoms with van der Waals surface area (Å²) in [6.07, 6.45) is 0.338. The number of rotatable bonds is 7. The molecule has 134 valence electrons. The first kappa shape index (κ1) is 19.4. The largest absolute Gasteiger partial charge is 0.396 e. The van der Waals surface area contributed by atoms with Gasteiger partial charge >= 0.3 is 0 Å². The highest BCUT2D eigenvalue weighted by molar-refractivity contribution is 7.89. The predicted molar refractivity (Wildman–Crippen MR) is 97.4 cm³/mol. The maximum absolute atomic E-state index is 12.5. The molecule has 2 aromatic rings. The van der Waals surface area contributed by atoms with Crippen LogP contribution in [0.3, 0.4) is 0 Å². The van der Waals surface area contributed by atoms with Gasteiger partial charge in [0, 0.05) is 36.5 Å². The summed E-state index contributed by atoms with van der Waals surface area (Å²) in [7, 11) is -2.29. The first-order valence-corrected chi connectivity index (χ1v) is 9.40. The van der Waals surface area contributed by atoms with Crippen LogP contribution >= 0.6 is 11.6 Å². The molecule has 0 unspecified atom stereocenters. The molecule has 0 saturated carbocycles. The van der Waals surface area contributed by atoms with Gasteiger partial charge in [-0.3, -0.25) is 4.79 Å². The number of aliphatic hydroxyl groups is 1. The average molecular weight is 383 g/mol. The van der Waals surface area contributed by atoms with E-state index in [1.165, 1.54) is 31.3 Å². The molecular weight excluding hydrogens is 364 g/mol. The van der Waals surface area contributed by atoms with Crippen molar-refractivity contribution in [1.29, 1.82) is 0 Å². The highest BCUT2D eigenvalue weighted by Crippen LogP contribution is 2.19. The number of hydrogen-bond donors (Lipinski definition) is 2. The Bertz CT molecular complexity index is 855. The third-order valence-electron chi connectivity index (χ3n) is 3.52. The highest BCUT2D eigenvalue weighted by atomic mass is 35.5. The monoisotopic (exact) mass is 382 g/mol. The van der Waals surface area contributed by atoms with E-state index in [9.17, 15) is 13.2 Å². The number of amides is 1. The second-order valence-corrected chi connectivity index (χ2v) is 7.88. The van der Waals surface area contributed by atoms with Gasteiger partial charge in [0.15, 0.2) is 0 Å². The Balaban J connectivity index is 2.21. The molecule has 1 amide bonds. The van der Waals surface area contributed by atoms with Crippen LogP contribution in [0, 0.1) is 0 Å². The highest BCUT2D eigenvalue weighted by Gasteiger charge is 2.21. The summed E-state index contributed by atoms with van der Waals surface area (Å²) in [5.74, 6) is -0.433. The zero-order valence-electron chi connectivity index (χ0n) is 13.6. The smallest absolute Gasteiger partial charge is 0.255 e. The lowest BCUT2D eigenvalue weighted by Crippen LogP contribution is -2.28. The molecule has 0 aliphatic rings. The van der Waals surface area contributed by atoms with Crippen LogP contribution in [0.25, 0.3) is 0 Å². The van der Waals surface area contributed by atoms with Gasteiger partial charge in [0.1, 0.15) is 0 Å². The van der Waals surface area contributed by atoms with Crippen molar-refractivity contribution >= 4 is 33.2 Å². The molecule has 0 aliphatic heterocycles. The molecule has 25 heavy (non-hydrogen) atoms. The number of carbonyl (C=O) groups excluding carboxylic acids is 1. The molecule has 0 saturated heterocycles. The average Bonchev–Trinajstić information content (AvgIpc) is 2.59. The Kier molecular flexibility index (Phi) is 6.55. The van der Waals surface area contributed by atoms with E-state index in [0.717, 1.165) is 4.31 Å². The van der Waals surface area contributed by atoms with Gasteiger partial charge in [0.25, 0.3) is 5.91 Å². The van der Waals surface area contributed by atoms with Crippen LogP contribution in [0.1, 0.15) is 16.8 Å². The van der Waals surface area contributed by atoms with Gasteiger partial charge in [-0.2, -0.15) is 0 Å². The van der Waals surface area contributed by atoms with E-state index >= 15 is 0 Å². The van der Waals surface area contributed by atoms with Gasteiger partial charge < -0.3 is 10.4 Å². The lowest BCUT2D eigenvalue weighted by atomic mass is 10.2. The minimum absolute atomic E-state index is 0.0201. The molecule has 0 aliphatic carbocycles. The van der Waals surface area contributed by atoms with Crippen LogP contribution < -0.4 is 5.32 Å². The SMILES string of the molecule is CN(CCCO)S(=O)(=O)c1cccc(C(=O)Nc2cccc(Cl)c2)c1.